The van der Waals surface area contributed by atoms with Crippen molar-refractivity contribution in [1.29, 1.82) is 0 Å². The van der Waals surface area contributed by atoms with E-state index in [0.29, 0.717) is 12.1 Å². The molecule has 2 aromatic carbocycles. The minimum absolute atomic E-state index is 0.131. The van der Waals surface area contributed by atoms with Crippen molar-refractivity contribution in [3.05, 3.63) is 35.4 Å². The fourth-order valence-corrected chi connectivity index (χ4v) is 2.62. The summed E-state index contributed by atoms with van der Waals surface area (Å²) in [6.07, 6.45) is -8.67. The zero-order valence-electron chi connectivity index (χ0n) is 17.0. The first-order valence-electron chi connectivity index (χ1n) is 9.24. The van der Waals surface area contributed by atoms with E-state index in [9.17, 15) is 60.3 Å². The van der Waals surface area contributed by atoms with Crippen LogP contribution in [0.2, 0.25) is 0 Å². The Balaban J connectivity index is 2.12. The molecule has 0 radical (unpaired) electrons. The normalized spacial score (nSPS) is 14.4. The van der Waals surface area contributed by atoms with E-state index in [1.165, 1.54) is 0 Å². The molecule has 184 valence electrons. The molecule has 14 nitrogen and oxygen atoms in total. The third kappa shape index (κ3) is 5.74. The minimum Gasteiger partial charge on any atom is -0.504 e. The Labute approximate surface area is 189 Å². The smallest absolute Gasteiger partial charge is 0.338 e. The van der Waals surface area contributed by atoms with Crippen molar-refractivity contribution in [2.75, 3.05) is 6.61 Å². The largest absolute Gasteiger partial charge is 0.504 e. The van der Waals surface area contributed by atoms with Crippen LogP contribution in [0, 0.1) is 0 Å². The van der Waals surface area contributed by atoms with Crippen LogP contribution in [0.1, 0.15) is 20.7 Å². The van der Waals surface area contributed by atoms with Crippen molar-refractivity contribution < 1.29 is 69.8 Å². The van der Waals surface area contributed by atoms with E-state index in [2.05, 4.69) is 0 Å². The topological polar surface area (TPSA) is 252 Å². The Morgan fingerprint density at radius 3 is 1.59 bits per heavy atom. The molecular weight excluding hydrogens is 464 g/mol. The summed E-state index contributed by atoms with van der Waals surface area (Å²) in [6.45, 7) is -0.983. The number of hydrogen-bond donors (Lipinski definition) is 9. The third-order valence-corrected chi connectivity index (χ3v) is 4.45. The molecule has 2 aromatic rings. The van der Waals surface area contributed by atoms with Crippen LogP contribution in [0.15, 0.2) is 24.3 Å². The van der Waals surface area contributed by atoms with E-state index in [0.717, 1.165) is 12.1 Å². The van der Waals surface area contributed by atoms with E-state index in [-0.39, 0.29) is 6.29 Å². The van der Waals surface area contributed by atoms with Gasteiger partial charge in [0.25, 0.3) is 0 Å². The van der Waals surface area contributed by atoms with Crippen LogP contribution in [0.3, 0.4) is 0 Å². The van der Waals surface area contributed by atoms with Crippen LogP contribution in [-0.2, 0) is 14.3 Å². The number of aromatic hydroxyl groups is 6. The fraction of sp³-hybridized carbons (Fsp3) is 0.250. The first-order chi connectivity index (χ1) is 15.9. The highest BCUT2D eigenvalue weighted by molar-refractivity contribution is 5.92. The lowest BCUT2D eigenvalue weighted by Gasteiger charge is -2.28. The standard InChI is InChI=1S/C20H20O14/c21-5-13(26)18(34-20(32)8-3-11(24)16(29)12(25)4-8)17(30)14(27)6-33-19(31)7-1-9(22)15(28)10(23)2-7/h1-5,13-14,17-18,22-30H,6H2/t13-,14+,17+,18+/m0/s1. The molecule has 4 atom stereocenters. The number of phenolic OH excluding ortho intramolecular Hbond substituents is 6. The predicted molar refractivity (Wildman–Crippen MR) is 106 cm³/mol. The Kier molecular flexibility index (Phi) is 8.07. The summed E-state index contributed by atoms with van der Waals surface area (Å²) >= 11 is 0. The molecule has 0 saturated carbocycles. The maximum absolute atomic E-state index is 12.3. The lowest BCUT2D eigenvalue weighted by molar-refractivity contribution is -0.138. The molecule has 0 aromatic heterocycles. The highest BCUT2D eigenvalue weighted by Crippen LogP contribution is 2.36. The molecule has 0 saturated heterocycles. The van der Waals surface area contributed by atoms with Gasteiger partial charge in [0.05, 0.1) is 11.1 Å². The molecular formula is C20H20O14. The molecule has 14 heteroatoms. The number of rotatable bonds is 9. The molecule has 0 heterocycles. The Bertz CT molecular complexity index is 1030. The van der Waals surface area contributed by atoms with Gasteiger partial charge in [0.1, 0.15) is 24.9 Å². The van der Waals surface area contributed by atoms with Crippen molar-refractivity contribution in [2.45, 2.75) is 24.4 Å². The van der Waals surface area contributed by atoms with Gasteiger partial charge in [-0.1, -0.05) is 0 Å². The number of hydrogen-bond acceptors (Lipinski definition) is 14. The summed E-state index contributed by atoms with van der Waals surface area (Å²) in [4.78, 5) is 35.3. The first-order valence-corrected chi connectivity index (χ1v) is 9.24. The summed E-state index contributed by atoms with van der Waals surface area (Å²) in [5, 5.41) is 86.5. The average molecular weight is 484 g/mol. The number of ether oxygens (including phenoxy) is 2. The SMILES string of the molecule is O=C[C@H](O)[C@@H](OC(=O)c1cc(O)c(O)c(O)c1)[C@H](O)[C@H](O)COC(=O)c1cc(O)c(O)c(O)c1. The van der Waals surface area contributed by atoms with Crippen LogP contribution >= 0.6 is 0 Å². The monoisotopic (exact) mass is 484 g/mol. The molecule has 0 bridgehead atoms. The van der Waals surface area contributed by atoms with E-state index < -0.39 is 88.6 Å². The molecule has 0 aliphatic heterocycles. The highest BCUT2D eigenvalue weighted by Gasteiger charge is 2.36. The highest BCUT2D eigenvalue weighted by atomic mass is 16.6. The summed E-state index contributed by atoms with van der Waals surface area (Å²) in [6, 6.07) is 2.83. The number of benzene rings is 2. The van der Waals surface area contributed by atoms with Gasteiger partial charge in [-0.2, -0.15) is 0 Å². The molecule has 0 unspecified atom stereocenters. The number of esters is 2. The van der Waals surface area contributed by atoms with Crippen molar-refractivity contribution in [1.82, 2.24) is 0 Å². The lowest BCUT2D eigenvalue weighted by Crippen LogP contribution is -2.49. The van der Waals surface area contributed by atoms with Gasteiger partial charge in [0.15, 0.2) is 46.9 Å². The van der Waals surface area contributed by atoms with E-state index in [1.54, 1.807) is 0 Å². The van der Waals surface area contributed by atoms with Gasteiger partial charge in [0.2, 0.25) is 0 Å². The predicted octanol–water partition coefficient (Wildman–Crippen LogP) is -1.42. The fourth-order valence-electron chi connectivity index (χ4n) is 2.62. The molecule has 0 amide bonds. The van der Waals surface area contributed by atoms with Crippen LogP contribution in [-0.4, -0.2) is 95.2 Å². The number of phenols is 6. The number of aliphatic hydroxyl groups is 3. The second kappa shape index (κ2) is 10.6. The summed E-state index contributed by atoms with van der Waals surface area (Å²) in [5.74, 6) is -7.95. The summed E-state index contributed by atoms with van der Waals surface area (Å²) in [7, 11) is 0. The molecule has 0 fully saturated rings. The average Bonchev–Trinajstić information content (AvgIpc) is 2.80. The van der Waals surface area contributed by atoms with Gasteiger partial charge in [-0.05, 0) is 24.3 Å². The Hall–Kier alpha value is -4.27. The number of carbonyl (C=O) groups excluding carboxylic acids is 3. The number of aliphatic hydroxyl groups excluding tert-OH is 3. The molecule has 0 spiro atoms. The zero-order valence-corrected chi connectivity index (χ0v) is 17.0. The van der Waals surface area contributed by atoms with E-state index >= 15 is 0 Å². The lowest BCUT2D eigenvalue weighted by atomic mass is 10.0. The zero-order chi connectivity index (χ0) is 25.7. The number of aldehydes is 1. The van der Waals surface area contributed by atoms with Gasteiger partial charge in [0, 0.05) is 0 Å². The van der Waals surface area contributed by atoms with Gasteiger partial charge in [-0.3, -0.25) is 0 Å². The second-order valence-electron chi connectivity index (χ2n) is 6.88. The van der Waals surface area contributed by atoms with Gasteiger partial charge >= 0.3 is 11.9 Å². The maximum Gasteiger partial charge on any atom is 0.338 e. The van der Waals surface area contributed by atoms with Gasteiger partial charge < -0.3 is 60.2 Å². The van der Waals surface area contributed by atoms with Crippen LogP contribution in [0.5, 0.6) is 34.5 Å². The molecule has 0 aliphatic carbocycles. The third-order valence-electron chi connectivity index (χ3n) is 4.45. The van der Waals surface area contributed by atoms with Crippen molar-refractivity contribution >= 4 is 18.2 Å². The van der Waals surface area contributed by atoms with E-state index in [4.69, 9.17) is 9.47 Å². The minimum atomic E-state index is -2.21. The quantitative estimate of drug-likeness (QED) is 0.113. The first kappa shape index (κ1) is 26.0. The summed E-state index contributed by atoms with van der Waals surface area (Å²) in [5.41, 5.74) is -1.01. The van der Waals surface area contributed by atoms with Crippen molar-refractivity contribution in [3.8, 4) is 34.5 Å². The molecule has 2 rings (SSSR count). The van der Waals surface area contributed by atoms with Crippen LogP contribution in [0.4, 0.5) is 0 Å². The van der Waals surface area contributed by atoms with E-state index in [1.807, 2.05) is 0 Å². The van der Waals surface area contributed by atoms with Crippen molar-refractivity contribution in [2.24, 2.45) is 0 Å². The van der Waals surface area contributed by atoms with Crippen LogP contribution in [0.25, 0.3) is 0 Å². The van der Waals surface area contributed by atoms with Gasteiger partial charge in [-0.25, -0.2) is 9.59 Å². The Morgan fingerprint density at radius 1 is 0.765 bits per heavy atom. The van der Waals surface area contributed by atoms with Crippen LogP contribution < -0.4 is 0 Å². The van der Waals surface area contributed by atoms with Crippen molar-refractivity contribution in [3.63, 3.8) is 0 Å². The Morgan fingerprint density at radius 2 is 1.18 bits per heavy atom. The molecule has 9 N–H and O–H groups in total. The maximum atomic E-state index is 12.3. The second-order valence-corrected chi connectivity index (χ2v) is 6.88. The molecule has 34 heavy (non-hydrogen) atoms. The summed E-state index contributed by atoms with van der Waals surface area (Å²) < 4.78 is 9.49. The van der Waals surface area contributed by atoms with Gasteiger partial charge in [-0.15, -0.1) is 0 Å². The molecule has 0 aliphatic rings. The number of carbonyl (C=O) groups is 3.